The highest BCUT2D eigenvalue weighted by Gasteiger charge is 2.26. The van der Waals surface area contributed by atoms with Gasteiger partial charge in [-0.1, -0.05) is 30.3 Å². The van der Waals surface area contributed by atoms with Gasteiger partial charge in [0, 0.05) is 58.2 Å². The van der Waals surface area contributed by atoms with Crippen LogP contribution in [0.2, 0.25) is 0 Å². The van der Waals surface area contributed by atoms with Gasteiger partial charge in [-0.25, -0.2) is 0 Å². The highest BCUT2D eigenvalue weighted by molar-refractivity contribution is 6.35. The average Bonchev–Trinajstić information content (AvgIpc) is 2.85. The lowest BCUT2D eigenvalue weighted by atomic mass is 9.97. The molecule has 0 spiro atoms. The number of fused-ring (bicyclic) bond motifs is 1. The summed E-state index contributed by atoms with van der Waals surface area (Å²) >= 11 is 0. The molecule has 8 nitrogen and oxygen atoms in total. The molecule has 170 valence electrons. The second kappa shape index (κ2) is 11.2. The van der Waals surface area contributed by atoms with Crippen molar-refractivity contribution in [3.63, 3.8) is 0 Å². The van der Waals surface area contributed by atoms with E-state index in [9.17, 15) is 9.59 Å². The van der Waals surface area contributed by atoms with Crippen LogP contribution < -0.4 is 10.6 Å². The Hall–Kier alpha value is -2.81. The van der Waals surface area contributed by atoms with Crippen molar-refractivity contribution in [3.05, 3.63) is 65.5 Å². The Labute approximate surface area is 188 Å². The molecule has 4 rings (SSSR count). The number of amides is 2. The zero-order valence-corrected chi connectivity index (χ0v) is 18.3. The molecule has 8 heteroatoms. The zero-order chi connectivity index (χ0) is 22.2. The smallest absolute Gasteiger partial charge is 0.309 e. The van der Waals surface area contributed by atoms with E-state index in [1.807, 2.05) is 18.3 Å². The summed E-state index contributed by atoms with van der Waals surface area (Å²) < 4.78 is 5.32. The van der Waals surface area contributed by atoms with E-state index < -0.39 is 11.8 Å². The number of nitrogens with one attached hydrogen (secondary N) is 2. The number of nitrogens with zero attached hydrogens (tertiary/aromatic N) is 3. The molecule has 2 amide bonds. The number of carbonyl (C=O) groups excluding carboxylic acids is 2. The molecule has 0 unspecified atom stereocenters. The number of ether oxygens (including phenoxy) is 1. The molecule has 1 fully saturated rings. The van der Waals surface area contributed by atoms with Gasteiger partial charge in [-0.3, -0.25) is 24.4 Å². The van der Waals surface area contributed by atoms with Crippen molar-refractivity contribution >= 4 is 11.8 Å². The fourth-order valence-electron chi connectivity index (χ4n) is 4.32. The summed E-state index contributed by atoms with van der Waals surface area (Å²) in [5.74, 6) is -1.19. The summed E-state index contributed by atoms with van der Waals surface area (Å²) in [6, 6.07) is 12.3. The summed E-state index contributed by atoms with van der Waals surface area (Å²) in [5.41, 5.74) is 3.71. The van der Waals surface area contributed by atoms with Crippen molar-refractivity contribution in [2.75, 3.05) is 52.5 Å². The molecule has 2 aromatic rings. The Morgan fingerprint density at radius 1 is 1.00 bits per heavy atom. The van der Waals surface area contributed by atoms with Gasteiger partial charge in [0.2, 0.25) is 0 Å². The maximum atomic E-state index is 12.5. The molecule has 1 aromatic heterocycles. The van der Waals surface area contributed by atoms with Crippen LogP contribution in [0.3, 0.4) is 0 Å². The Morgan fingerprint density at radius 3 is 2.56 bits per heavy atom. The molecular weight excluding hydrogens is 406 g/mol. The maximum absolute atomic E-state index is 12.5. The highest BCUT2D eigenvalue weighted by Crippen LogP contribution is 2.27. The van der Waals surface area contributed by atoms with E-state index in [0.717, 1.165) is 38.2 Å². The molecule has 1 aromatic carbocycles. The first kappa shape index (κ1) is 22.4. The van der Waals surface area contributed by atoms with Gasteiger partial charge in [0.15, 0.2) is 0 Å². The molecular formula is C24H31N5O3. The third-order valence-corrected chi connectivity index (χ3v) is 6.15. The third kappa shape index (κ3) is 5.91. The molecule has 1 atom stereocenters. The van der Waals surface area contributed by atoms with Crippen LogP contribution in [0.1, 0.15) is 22.7 Å². The van der Waals surface area contributed by atoms with Crippen molar-refractivity contribution in [2.45, 2.75) is 19.0 Å². The SMILES string of the molecule is O=C(NCCN1CCOCC1)C(=O)NC[C@@H](c1cccnc1)N1CCc2ccccc2C1. The van der Waals surface area contributed by atoms with Crippen molar-refractivity contribution in [1.82, 2.24) is 25.4 Å². The molecule has 1 saturated heterocycles. The predicted molar refractivity (Wildman–Crippen MR) is 121 cm³/mol. The fourth-order valence-corrected chi connectivity index (χ4v) is 4.32. The van der Waals surface area contributed by atoms with Crippen LogP contribution in [-0.4, -0.2) is 79.1 Å². The minimum Gasteiger partial charge on any atom is -0.379 e. The number of rotatable bonds is 7. The second-order valence-corrected chi connectivity index (χ2v) is 8.21. The normalized spacial score (nSPS) is 17.9. The average molecular weight is 438 g/mol. The first-order valence-corrected chi connectivity index (χ1v) is 11.3. The first-order valence-electron chi connectivity index (χ1n) is 11.3. The van der Waals surface area contributed by atoms with Gasteiger partial charge in [0.25, 0.3) is 0 Å². The Morgan fingerprint density at radius 2 is 1.78 bits per heavy atom. The topological polar surface area (TPSA) is 86.8 Å². The lowest BCUT2D eigenvalue weighted by Gasteiger charge is -2.35. The van der Waals surface area contributed by atoms with Crippen LogP contribution in [0.25, 0.3) is 0 Å². The maximum Gasteiger partial charge on any atom is 0.309 e. The van der Waals surface area contributed by atoms with Crippen LogP contribution in [0, 0.1) is 0 Å². The summed E-state index contributed by atoms with van der Waals surface area (Å²) in [6.07, 6.45) is 4.54. The molecule has 2 aliphatic heterocycles. The molecule has 0 aliphatic carbocycles. The van der Waals surface area contributed by atoms with E-state index in [2.05, 4.69) is 49.7 Å². The van der Waals surface area contributed by atoms with E-state index >= 15 is 0 Å². The van der Waals surface area contributed by atoms with Crippen molar-refractivity contribution in [3.8, 4) is 0 Å². The van der Waals surface area contributed by atoms with Gasteiger partial charge in [0.05, 0.1) is 19.3 Å². The highest BCUT2D eigenvalue weighted by atomic mass is 16.5. The van der Waals surface area contributed by atoms with Crippen LogP contribution in [0.4, 0.5) is 0 Å². The third-order valence-electron chi connectivity index (χ3n) is 6.15. The number of benzene rings is 1. The largest absolute Gasteiger partial charge is 0.379 e. The lowest BCUT2D eigenvalue weighted by Crippen LogP contribution is -2.47. The van der Waals surface area contributed by atoms with Crippen LogP contribution in [0.5, 0.6) is 0 Å². The summed E-state index contributed by atoms with van der Waals surface area (Å²) in [6.45, 7) is 6.34. The Balaban J connectivity index is 1.32. The monoisotopic (exact) mass is 437 g/mol. The minimum absolute atomic E-state index is 0.0536. The lowest BCUT2D eigenvalue weighted by molar-refractivity contribution is -0.139. The fraction of sp³-hybridized carbons (Fsp3) is 0.458. The van der Waals surface area contributed by atoms with E-state index in [-0.39, 0.29) is 6.04 Å². The number of hydrogen-bond acceptors (Lipinski definition) is 6. The van der Waals surface area contributed by atoms with Gasteiger partial charge in [-0.2, -0.15) is 0 Å². The van der Waals surface area contributed by atoms with E-state index in [4.69, 9.17) is 4.74 Å². The molecule has 2 N–H and O–H groups in total. The Bertz CT molecular complexity index is 902. The first-order chi connectivity index (χ1) is 15.7. The number of aromatic nitrogens is 1. The number of hydrogen-bond donors (Lipinski definition) is 2. The summed E-state index contributed by atoms with van der Waals surface area (Å²) in [5, 5.41) is 5.56. The zero-order valence-electron chi connectivity index (χ0n) is 18.3. The molecule has 3 heterocycles. The van der Waals surface area contributed by atoms with E-state index in [1.54, 1.807) is 6.20 Å². The Kier molecular flexibility index (Phi) is 7.82. The van der Waals surface area contributed by atoms with Crippen LogP contribution in [-0.2, 0) is 27.3 Å². The van der Waals surface area contributed by atoms with Crippen LogP contribution in [0.15, 0.2) is 48.8 Å². The van der Waals surface area contributed by atoms with Gasteiger partial charge >= 0.3 is 11.8 Å². The second-order valence-electron chi connectivity index (χ2n) is 8.21. The quantitative estimate of drug-likeness (QED) is 0.622. The predicted octanol–water partition coefficient (Wildman–Crippen LogP) is 0.746. The van der Waals surface area contributed by atoms with Crippen LogP contribution >= 0.6 is 0 Å². The molecule has 0 radical (unpaired) electrons. The van der Waals surface area contributed by atoms with E-state index in [1.165, 1.54) is 11.1 Å². The van der Waals surface area contributed by atoms with Gasteiger partial charge in [0.1, 0.15) is 0 Å². The summed E-state index contributed by atoms with van der Waals surface area (Å²) in [4.78, 5) is 33.6. The van der Waals surface area contributed by atoms with Crippen molar-refractivity contribution in [1.29, 1.82) is 0 Å². The standard InChI is InChI=1S/C24H31N5O3/c30-23(26-9-11-28-12-14-32-15-13-28)24(31)27-17-22(20-6-3-8-25-16-20)29-10-7-19-4-1-2-5-21(19)18-29/h1-6,8,16,22H,7,9-15,17-18H2,(H,26,30)(H,27,31)/t22-/m0/s1. The van der Waals surface area contributed by atoms with Crippen molar-refractivity contribution in [2.24, 2.45) is 0 Å². The minimum atomic E-state index is -0.599. The molecule has 0 saturated carbocycles. The molecule has 32 heavy (non-hydrogen) atoms. The van der Waals surface area contributed by atoms with Gasteiger partial charge in [-0.05, 0) is 29.2 Å². The number of pyridine rings is 1. The van der Waals surface area contributed by atoms with Crippen molar-refractivity contribution < 1.29 is 14.3 Å². The van der Waals surface area contributed by atoms with Gasteiger partial charge in [-0.15, -0.1) is 0 Å². The molecule has 2 aliphatic rings. The number of morpholine rings is 1. The van der Waals surface area contributed by atoms with Gasteiger partial charge < -0.3 is 15.4 Å². The summed E-state index contributed by atoms with van der Waals surface area (Å²) in [7, 11) is 0. The number of carbonyl (C=O) groups is 2. The van der Waals surface area contributed by atoms with E-state index in [0.29, 0.717) is 32.8 Å². The molecule has 0 bridgehead atoms.